The molecule has 3 heteroatoms. The van der Waals surface area contributed by atoms with Crippen molar-refractivity contribution >= 4 is 0 Å². The van der Waals surface area contributed by atoms with E-state index in [1.54, 1.807) is 0 Å². The third-order valence-corrected chi connectivity index (χ3v) is 6.01. The summed E-state index contributed by atoms with van der Waals surface area (Å²) >= 11 is 0. The number of hydrogen-bond acceptors (Lipinski definition) is 2. The summed E-state index contributed by atoms with van der Waals surface area (Å²) in [5.41, 5.74) is 1.35. The number of H-pyrrole nitrogens is 1. The summed E-state index contributed by atoms with van der Waals surface area (Å²) in [6.45, 7) is 4.91. The molecule has 1 unspecified atom stereocenters. The zero-order valence-electron chi connectivity index (χ0n) is 14.3. The van der Waals surface area contributed by atoms with E-state index in [-0.39, 0.29) is 0 Å². The molecule has 1 aromatic heterocycles. The molecule has 124 valence electrons. The highest BCUT2D eigenvalue weighted by atomic mass is 15.2. The van der Waals surface area contributed by atoms with Gasteiger partial charge in [-0.2, -0.15) is 0 Å². The number of aromatic amines is 1. The second kappa shape index (κ2) is 8.14. The number of unbranched alkanes of at least 4 members (excludes halogenated alkanes) is 1. The molecule has 2 aliphatic rings. The van der Waals surface area contributed by atoms with Crippen molar-refractivity contribution in [3.63, 3.8) is 0 Å². The van der Waals surface area contributed by atoms with Gasteiger partial charge in [-0.05, 0) is 51.1 Å². The van der Waals surface area contributed by atoms with Gasteiger partial charge in [0.15, 0.2) is 0 Å². The van der Waals surface area contributed by atoms with Crippen LogP contribution >= 0.6 is 0 Å². The van der Waals surface area contributed by atoms with E-state index in [9.17, 15) is 0 Å². The lowest BCUT2D eigenvalue weighted by Crippen LogP contribution is -2.45. The summed E-state index contributed by atoms with van der Waals surface area (Å²) < 4.78 is 0. The minimum atomic E-state index is 0.705. The lowest BCUT2D eigenvalue weighted by molar-refractivity contribution is 0.0822. The molecule has 1 saturated carbocycles. The van der Waals surface area contributed by atoms with Gasteiger partial charge in [0.05, 0.1) is 6.33 Å². The largest absolute Gasteiger partial charge is 0.348 e. The molecule has 0 radical (unpaired) electrons. The van der Waals surface area contributed by atoms with E-state index in [1.165, 1.54) is 83.0 Å². The number of rotatable bonds is 6. The van der Waals surface area contributed by atoms with Gasteiger partial charge < -0.3 is 9.88 Å². The lowest BCUT2D eigenvalue weighted by Gasteiger charge is -2.42. The fourth-order valence-corrected chi connectivity index (χ4v) is 4.68. The molecule has 1 aromatic rings. The second-order valence-corrected chi connectivity index (χ2v) is 7.42. The van der Waals surface area contributed by atoms with E-state index in [2.05, 4.69) is 21.8 Å². The van der Waals surface area contributed by atoms with Crippen LogP contribution in [0.2, 0.25) is 0 Å². The summed E-state index contributed by atoms with van der Waals surface area (Å²) in [6.07, 6.45) is 18.0. The molecule has 1 N–H and O–H groups in total. The zero-order chi connectivity index (χ0) is 15.2. The number of aromatic nitrogens is 2. The molecule has 1 saturated heterocycles. The molecule has 3 nitrogen and oxygen atoms in total. The number of nitrogens with zero attached hydrogens (tertiary/aromatic N) is 2. The molecular weight excluding hydrogens is 270 g/mol. The highest BCUT2D eigenvalue weighted by Crippen LogP contribution is 2.35. The summed E-state index contributed by atoms with van der Waals surface area (Å²) in [4.78, 5) is 10.4. The van der Waals surface area contributed by atoms with E-state index in [1.807, 2.05) is 12.5 Å². The van der Waals surface area contributed by atoms with Crippen molar-refractivity contribution < 1.29 is 0 Å². The van der Waals surface area contributed by atoms with Gasteiger partial charge in [-0.15, -0.1) is 0 Å². The maximum Gasteiger partial charge on any atom is 0.0921 e. The van der Waals surface area contributed by atoms with Crippen LogP contribution in [0.25, 0.3) is 0 Å². The Morgan fingerprint density at radius 1 is 1.18 bits per heavy atom. The maximum atomic E-state index is 4.20. The third-order valence-electron chi connectivity index (χ3n) is 6.01. The minimum absolute atomic E-state index is 0.705. The smallest absolute Gasteiger partial charge is 0.0921 e. The van der Waals surface area contributed by atoms with Crippen LogP contribution in [0.15, 0.2) is 12.5 Å². The number of piperidine rings is 1. The predicted molar refractivity (Wildman–Crippen MR) is 92.0 cm³/mol. The first-order valence-corrected chi connectivity index (χ1v) is 9.60. The monoisotopic (exact) mass is 303 g/mol. The van der Waals surface area contributed by atoms with Crippen molar-refractivity contribution in [1.29, 1.82) is 0 Å². The molecule has 3 rings (SSSR count). The fraction of sp³-hybridized carbons (Fsp3) is 0.842. The standard InChI is InChI=1S/C19H33N3/c1-2-3-9-19(17-7-5-4-6-8-17)22-12-10-16(11-13-22)18-14-20-15-21-18/h14-17,19H,2-13H2,1H3,(H,20,21). The molecule has 1 atom stereocenters. The first kappa shape index (κ1) is 16.0. The summed E-state index contributed by atoms with van der Waals surface area (Å²) in [7, 11) is 0. The van der Waals surface area contributed by atoms with Crippen molar-refractivity contribution in [3.05, 3.63) is 18.2 Å². The van der Waals surface area contributed by atoms with Gasteiger partial charge >= 0.3 is 0 Å². The summed E-state index contributed by atoms with van der Waals surface area (Å²) in [5.74, 6) is 1.68. The molecule has 0 bridgehead atoms. The quantitative estimate of drug-likeness (QED) is 0.824. The Morgan fingerprint density at radius 2 is 1.95 bits per heavy atom. The van der Waals surface area contributed by atoms with Crippen molar-refractivity contribution in [2.24, 2.45) is 5.92 Å². The van der Waals surface area contributed by atoms with Crippen LogP contribution < -0.4 is 0 Å². The van der Waals surface area contributed by atoms with E-state index in [4.69, 9.17) is 0 Å². The van der Waals surface area contributed by atoms with Crippen LogP contribution in [-0.4, -0.2) is 34.0 Å². The summed E-state index contributed by atoms with van der Waals surface area (Å²) in [6, 6.07) is 0.864. The topological polar surface area (TPSA) is 31.9 Å². The van der Waals surface area contributed by atoms with Crippen LogP contribution in [0.4, 0.5) is 0 Å². The third kappa shape index (κ3) is 3.92. The van der Waals surface area contributed by atoms with Crippen LogP contribution in [0.5, 0.6) is 0 Å². The molecule has 0 aromatic carbocycles. The fourth-order valence-electron chi connectivity index (χ4n) is 4.68. The van der Waals surface area contributed by atoms with Crippen molar-refractivity contribution in [1.82, 2.24) is 14.9 Å². The molecule has 0 amide bonds. The molecule has 0 spiro atoms. The van der Waals surface area contributed by atoms with Crippen LogP contribution in [0.3, 0.4) is 0 Å². The number of nitrogens with one attached hydrogen (secondary N) is 1. The van der Waals surface area contributed by atoms with Crippen LogP contribution in [0, 0.1) is 5.92 Å². The average molecular weight is 303 g/mol. The Kier molecular flexibility index (Phi) is 5.94. The summed E-state index contributed by atoms with van der Waals surface area (Å²) in [5, 5.41) is 0. The molecule has 2 fully saturated rings. The number of likely N-dealkylation sites (tertiary alicyclic amines) is 1. The van der Waals surface area contributed by atoms with Gasteiger partial charge in [0, 0.05) is 23.9 Å². The Morgan fingerprint density at radius 3 is 2.59 bits per heavy atom. The normalized spacial score (nSPS) is 23.7. The molecular formula is C19H33N3. The highest BCUT2D eigenvalue weighted by molar-refractivity contribution is 5.05. The maximum absolute atomic E-state index is 4.20. The zero-order valence-corrected chi connectivity index (χ0v) is 14.3. The number of hydrogen-bond donors (Lipinski definition) is 1. The van der Waals surface area contributed by atoms with Gasteiger partial charge in [-0.25, -0.2) is 4.98 Å². The minimum Gasteiger partial charge on any atom is -0.348 e. The number of imidazole rings is 1. The van der Waals surface area contributed by atoms with Crippen LogP contribution in [-0.2, 0) is 0 Å². The highest BCUT2D eigenvalue weighted by Gasteiger charge is 2.31. The second-order valence-electron chi connectivity index (χ2n) is 7.42. The van der Waals surface area contributed by atoms with Gasteiger partial charge in [-0.1, -0.05) is 39.0 Å². The Hall–Kier alpha value is -0.830. The molecule has 2 heterocycles. The van der Waals surface area contributed by atoms with E-state index in [0.717, 1.165) is 12.0 Å². The molecule has 22 heavy (non-hydrogen) atoms. The predicted octanol–water partition coefficient (Wildman–Crippen LogP) is 4.73. The van der Waals surface area contributed by atoms with E-state index < -0.39 is 0 Å². The Balaban J connectivity index is 1.57. The van der Waals surface area contributed by atoms with Gasteiger partial charge in [0.25, 0.3) is 0 Å². The van der Waals surface area contributed by atoms with Gasteiger partial charge in [0.2, 0.25) is 0 Å². The van der Waals surface area contributed by atoms with Crippen LogP contribution in [0.1, 0.15) is 82.7 Å². The first-order valence-electron chi connectivity index (χ1n) is 9.60. The van der Waals surface area contributed by atoms with E-state index in [0.29, 0.717) is 5.92 Å². The van der Waals surface area contributed by atoms with Crippen molar-refractivity contribution in [2.45, 2.75) is 83.1 Å². The van der Waals surface area contributed by atoms with Gasteiger partial charge in [-0.3, -0.25) is 0 Å². The first-order chi connectivity index (χ1) is 10.9. The van der Waals surface area contributed by atoms with E-state index >= 15 is 0 Å². The van der Waals surface area contributed by atoms with Crippen molar-refractivity contribution in [3.8, 4) is 0 Å². The Bertz CT molecular complexity index is 400. The lowest BCUT2D eigenvalue weighted by atomic mass is 9.80. The average Bonchev–Trinajstić information content (AvgIpc) is 3.11. The molecule has 1 aliphatic carbocycles. The SMILES string of the molecule is CCCCC(C1CCCCC1)N1CCC(c2cnc[nH]2)CC1. The molecule has 1 aliphatic heterocycles. The Labute approximate surface area is 135 Å². The van der Waals surface area contributed by atoms with Gasteiger partial charge in [0.1, 0.15) is 0 Å². The van der Waals surface area contributed by atoms with Crippen molar-refractivity contribution in [2.75, 3.05) is 13.1 Å².